The summed E-state index contributed by atoms with van der Waals surface area (Å²) in [7, 11) is 2.00. The highest BCUT2D eigenvalue weighted by atomic mass is 19.1. The van der Waals surface area contributed by atoms with E-state index in [2.05, 4.69) is 11.8 Å². The smallest absolute Gasteiger partial charge is 0.130 e. The van der Waals surface area contributed by atoms with E-state index in [-0.39, 0.29) is 11.9 Å². The normalized spacial score (nSPS) is 12.5. The van der Waals surface area contributed by atoms with Crippen molar-refractivity contribution in [1.29, 1.82) is 0 Å². The van der Waals surface area contributed by atoms with Crippen molar-refractivity contribution >= 4 is 5.69 Å². The molecule has 2 nitrogen and oxygen atoms in total. The molecule has 0 amide bonds. The van der Waals surface area contributed by atoms with Crippen LogP contribution < -0.4 is 10.6 Å². The Labute approximate surface area is 104 Å². The van der Waals surface area contributed by atoms with E-state index in [9.17, 15) is 4.39 Å². The fraction of sp³-hybridized carbons (Fsp3) is 0.571. The summed E-state index contributed by atoms with van der Waals surface area (Å²) in [6.07, 6.45) is 3.52. The lowest BCUT2D eigenvalue weighted by Gasteiger charge is -2.24. The summed E-state index contributed by atoms with van der Waals surface area (Å²) in [4.78, 5) is 2.09. The number of hydrogen-bond donors (Lipinski definition) is 1. The van der Waals surface area contributed by atoms with Gasteiger partial charge >= 0.3 is 0 Å². The Hall–Kier alpha value is -1.09. The lowest BCUT2D eigenvalue weighted by atomic mass is 10.0. The van der Waals surface area contributed by atoms with E-state index in [4.69, 9.17) is 5.73 Å². The molecule has 1 atom stereocenters. The van der Waals surface area contributed by atoms with Gasteiger partial charge in [-0.1, -0.05) is 25.8 Å². The van der Waals surface area contributed by atoms with E-state index < -0.39 is 0 Å². The number of nitrogens with two attached hydrogens (primary N) is 1. The molecule has 1 aromatic rings. The maximum absolute atomic E-state index is 13.7. The van der Waals surface area contributed by atoms with Crippen LogP contribution in [0.1, 0.15) is 44.7 Å². The van der Waals surface area contributed by atoms with Gasteiger partial charge in [0.05, 0.1) is 0 Å². The Morgan fingerprint density at radius 3 is 2.65 bits per heavy atom. The minimum absolute atomic E-state index is 0.208. The molecule has 0 bridgehead atoms. The minimum atomic E-state index is -0.278. The predicted octanol–water partition coefficient (Wildman–Crippen LogP) is 3.47. The maximum Gasteiger partial charge on any atom is 0.130 e. The average Bonchev–Trinajstić information content (AvgIpc) is 2.28. The van der Waals surface area contributed by atoms with Gasteiger partial charge in [-0.15, -0.1) is 0 Å². The molecular weight excluding hydrogens is 215 g/mol. The third-order valence-electron chi connectivity index (χ3n) is 2.99. The van der Waals surface area contributed by atoms with Crippen molar-refractivity contribution < 1.29 is 4.39 Å². The van der Waals surface area contributed by atoms with Crippen molar-refractivity contribution in [1.82, 2.24) is 0 Å². The summed E-state index contributed by atoms with van der Waals surface area (Å²) >= 11 is 0. The molecule has 0 aliphatic heterocycles. The molecule has 1 rings (SSSR count). The number of rotatable bonds is 6. The zero-order chi connectivity index (χ0) is 12.8. The van der Waals surface area contributed by atoms with Crippen LogP contribution in [-0.2, 0) is 0 Å². The Balaban J connectivity index is 2.85. The van der Waals surface area contributed by atoms with Crippen LogP contribution in [0.3, 0.4) is 0 Å². The number of benzene rings is 1. The molecule has 0 aromatic heterocycles. The molecule has 0 saturated heterocycles. The second-order valence-corrected chi connectivity index (χ2v) is 4.59. The quantitative estimate of drug-likeness (QED) is 0.769. The zero-order valence-corrected chi connectivity index (χ0v) is 11.0. The first-order chi connectivity index (χ1) is 8.07. The molecule has 0 aliphatic carbocycles. The topological polar surface area (TPSA) is 29.3 Å². The largest absolute Gasteiger partial charge is 0.374 e. The minimum Gasteiger partial charge on any atom is -0.374 e. The van der Waals surface area contributed by atoms with Gasteiger partial charge in [0.2, 0.25) is 0 Å². The molecule has 0 heterocycles. The monoisotopic (exact) mass is 238 g/mol. The van der Waals surface area contributed by atoms with Crippen molar-refractivity contribution in [3.05, 3.63) is 29.6 Å². The molecule has 0 spiro atoms. The highest BCUT2D eigenvalue weighted by Crippen LogP contribution is 2.27. The van der Waals surface area contributed by atoms with Crippen LogP contribution in [0, 0.1) is 5.82 Å². The third kappa shape index (κ3) is 3.70. The Kier molecular flexibility index (Phi) is 5.42. The van der Waals surface area contributed by atoms with Crippen molar-refractivity contribution in [3.8, 4) is 0 Å². The van der Waals surface area contributed by atoms with Crippen molar-refractivity contribution in [3.63, 3.8) is 0 Å². The fourth-order valence-corrected chi connectivity index (χ4v) is 2.03. The van der Waals surface area contributed by atoms with Gasteiger partial charge < -0.3 is 10.6 Å². The van der Waals surface area contributed by atoms with Gasteiger partial charge in [0.15, 0.2) is 0 Å². The van der Waals surface area contributed by atoms with Crippen LogP contribution in [-0.4, -0.2) is 13.6 Å². The summed E-state index contributed by atoms with van der Waals surface area (Å²) in [5, 5.41) is 0. The average molecular weight is 238 g/mol. The molecule has 2 N–H and O–H groups in total. The zero-order valence-electron chi connectivity index (χ0n) is 11.0. The highest BCUT2D eigenvalue weighted by molar-refractivity contribution is 5.54. The highest BCUT2D eigenvalue weighted by Gasteiger charge is 2.14. The standard InChI is InChI=1S/C14H23FN2/c1-4-5-6-10-17(3)13-9-7-8-12(15)14(13)11(2)16/h7-9,11H,4-6,10,16H2,1-3H3/t11-/m0/s1. The summed E-state index contributed by atoms with van der Waals surface area (Å²) in [5.74, 6) is -0.208. The van der Waals surface area contributed by atoms with Crippen molar-refractivity contribution in [2.75, 3.05) is 18.5 Å². The van der Waals surface area contributed by atoms with E-state index in [1.165, 1.54) is 18.9 Å². The van der Waals surface area contributed by atoms with Gasteiger partial charge in [-0.2, -0.15) is 0 Å². The molecule has 0 aliphatic rings. The molecular formula is C14H23FN2. The van der Waals surface area contributed by atoms with Gasteiger partial charge in [0.25, 0.3) is 0 Å². The Morgan fingerprint density at radius 2 is 2.06 bits per heavy atom. The first-order valence-corrected chi connectivity index (χ1v) is 6.33. The first kappa shape index (κ1) is 14.0. The first-order valence-electron chi connectivity index (χ1n) is 6.33. The maximum atomic E-state index is 13.7. The number of unbranched alkanes of at least 4 members (excludes halogenated alkanes) is 2. The van der Waals surface area contributed by atoms with E-state index >= 15 is 0 Å². The Bertz CT molecular complexity index is 350. The summed E-state index contributed by atoms with van der Waals surface area (Å²) in [5.41, 5.74) is 7.37. The molecule has 0 saturated carbocycles. The van der Waals surface area contributed by atoms with Crippen LogP contribution in [0.4, 0.5) is 10.1 Å². The third-order valence-corrected chi connectivity index (χ3v) is 2.99. The van der Waals surface area contributed by atoms with Gasteiger partial charge in [-0.25, -0.2) is 4.39 Å². The van der Waals surface area contributed by atoms with Crippen molar-refractivity contribution in [2.45, 2.75) is 39.2 Å². The summed E-state index contributed by atoms with van der Waals surface area (Å²) < 4.78 is 13.7. The van der Waals surface area contributed by atoms with Crippen LogP contribution in [0.25, 0.3) is 0 Å². The van der Waals surface area contributed by atoms with Gasteiger partial charge in [0, 0.05) is 30.9 Å². The van der Waals surface area contributed by atoms with Gasteiger partial charge in [0.1, 0.15) is 5.82 Å². The van der Waals surface area contributed by atoms with Crippen LogP contribution >= 0.6 is 0 Å². The molecule has 96 valence electrons. The van der Waals surface area contributed by atoms with Crippen LogP contribution in [0.2, 0.25) is 0 Å². The summed E-state index contributed by atoms with van der Waals surface area (Å²) in [6.45, 7) is 4.94. The second kappa shape index (κ2) is 6.60. The number of anilines is 1. The van der Waals surface area contributed by atoms with Crippen LogP contribution in [0.15, 0.2) is 18.2 Å². The molecule has 0 radical (unpaired) electrons. The molecule has 1 aromatic carbocycles. The molecule has 0 fully saturated rings. The number of nitrogens with zero attached hydrogens (tertiary/aromatic N) is 1. The summed E-state index contributed by atoms with van der Waals surface area (Å²) in [6, 6.07) is 4.88. The number of halogens is 1. The number of hydrogen-bond acceptors (Lipinski definition) is 2. The predicted molar refractivity (Wildman–Crippen MR) is 71.8 cm³/mol. The second-order valence-electron chi connectivity index (χ2n) is 4.59. The van der Waals surface area contributed by atoms with Crippen LogP contribution in [0.5, 0.6) is 0 Å². The Morgan fingerprint density at radius 1 is 1.35 bits per heavy atom. The van der Waals surface area contributed by atoms with Crippen molar-refractivity contribution in [2.24, 2.45) is 5.73 Å². The van der Waals surface area contributed by atoms with Gasteiger partial charge in [-0.3, -0.25) is 0 Å². The molecule has 17 heavy (non-hydrogen) atoms. The van der Waals surface area contributed by atoms with Gasteiger partial charge in [-0.05, 0) is 25.5 Å². The van der Waals surface area contributed by atoms with E-state index in [0.29, 0.717) is 5.56 Å². The van der Waals surface area contributed by atoms with E-state index in [1.807, 2.05) is 20.0 Å². The molecule has 3 heteroatoms. The molecule has 0 unspecified atom stereocenters. The van der Waals surface area contributed by atoms with E-state index in [0.717, 1.165) is 18.7 Å². The lowest BCUT2D eigenvalue weighted by molar-refractivity contribution is 0.591. The fourth-order valence-electron chi connectivity index (χ4n) is 2.03. The van der Waals surface area contributed by atoms with E-state index in [1.54, 1.807) is 6.07 Å². The SMILES string of the molecule is CCCCCN(C)c1cccc(F)c1[C@H](C)N. The lowest BCUT2D eigenvalue weighted by Crippen LogP contribution is -2.22.